The first-order valence-electron chi connectivity index (χ1n) is 6.92. The van der Waals surface area contributed by atoms with Crippen LogP contribution in [0.3, 0.4) is 0 Å². The van der Waals surface area contributed by atoms with E-state index in [-0.39, 0.29) is 24.7 Å². The van der Waals surface area contributed by atoms with Gasteiger partial charge in [-0.05, 0) is 32.9 Å². The van der Waals surface area contributed by atoms with Crippen LogP contribution in [-0.4, -0.2) is 30.9 Å². The van der Waals surface area contributed by atoms with Crippen molar-refractivity contribution in [2.24, 2.45) is 0 Å². The standard InChI is InChI=1S/C16H19NO5/c1-4-21-15(19)10-14(16(20)22-5-2)17-13-9-7-6-8-12(13)11(3)18/h6-10,17H,4-5H2,1-3H3/b14-10-. The number of ketones is 1. The number of benzene rings is 1. The molecule has 1 rings (SSSR count). The first-order chi connectivity index (χ1) is 10.5. The molecule has 0 fully saturated rings. The highest BCUT2D eigenvalue weighted by atomic mass is 16.5. The predicted molar refractivity (Wildman–Crippen MR) is 81.4 cm³/mol. The number of esters is 2. The van der Waals surface area contributed by atoms with Crippen LogP contribution in [0.2, 0.25) is 0 Å². The Morgan fingerprint density at radius 1 is 1.09 bits per heavy atom. The van der Waals surface area contributed by atoms with Crippen molar-refractivity contribution in [2.75, 3.05) is 18.5 Å². The Bertz CT molecular complexity index is 592. The first-order valence-corrected chi connectivity index (χ1v) is 6.92. The maximum Gasteiger partial charge on any atom is 0.355 e. The van der Waals surface area contributed by atoms with Gasteiger partial charge in [-0.25, -0.2) is 9.59 Å². The summed E-state index contributed by atoms with van der Waals surface area (Å²) in [5, 5.41) is 2.77. The molecule has 6 nitrogen and oxygen atoms in total. The lowest BCUT2D eigenvalue weighted by Gasteiger charge is -2.12. The van der Waals surface area contributed by atoms with Crippen LogP contribution in [0.15, 0.2) is 36.0 Å². The number of nitrogens with one attached hydrogen (secondary N) is 1. The van der Waals surface area contributed by atoms with Crippen LogP contribution in [0.25, 0.3) is 0 Å². The Balaban J connectivity index is 3.11. The molecule has 0 radical (unpaired) electrons. The molecule has 0 unspecified atom stereocenters. The second kappa shape index (κ2) is 8.61. The lowest BCUT2D eigenvalue weighted by Crippen LogP contribution is -2.18. The van der Waals surface area contributed by atoms with Gasteiger partial charge >= 0.3 is 11.9 Å². The summed E-state index contributed by atoms with van der Waals surface area (Å²) in [5.41, 5.74) is 0.731. The molecule has 0 aromatic heterocycles. The van der Waals surface area contributed by atoms with Crippen molar-refractivity contribution < 1.29 is 23.9 Å². The van der Waals surface area contributed by atoms with Gasteiger partial charge in [0.1, 0.15) is 5.70 Å². The quantitative estimate of drug-likeness (QED) is 0.473. The van der Waals surface area contributed by atoms with Gasteiger partial charge in [-0.1, -0.05) is 12.1 Å². The van der Waals surface area contributed by atoms with Gasteiger partial charge in [0.15, 0.2) is 5.78 Å². The topological polar surface area (TPSA) is 81.7 Å². The molecule has 1 aromatic carbocycles. The third-order valence-electron chi connectivity index (χ3n) is 2.62. The lowest BCUT2D eigenvalue weighted by molar-refractivity contribution is -0.140. The molecule has 0 bridgehead atoms. The number of para-hydroxylation sites is 1. The van der Waals surface area contributed by atoms with E-state index in [4.69, 9.17) is 9.47 Å². The van der Waals surface area contributed by atoms with Crippen molar-refractivity contribution in [3.8, 4) is 0 Å². The lowest BCUT2D eigenvalue weighted by atomic mass is 10.1. The van der Waals surface area contributed by atoms with E-state index in [1.165, 1.54) is 6.92 Å². The Hall–Kier alpha value is -2.63. The fourth-order valence-corrected chi connectivity index (χ4v) is 1.70. The SMILES string of the molecule is CCOC(=O)/C=C(\Nc1ccccc1C(C)=O)C(=O)OCC. The van der Waals surface area contributed by atoms with Crippen molar-refractivity contribution in [1.29, 1.82) is 0 Å². The van der Waals surface area contributed by atoms with E-state index in [1.54, 1.807) is 38.1 Å². The number of ether oxygens (including phenoxy) is 2. The molecule has 0 aliphatic rings. The molecule has 0 aliphatic heterocycles. The van der Waals surface area contributed by atoms with E-state index in [2.05, 4.69) is 5.32 Å². The first kappa shape index (κ1) is 17.4. The van der Waals surface area contributed by atoms with Crippen LogP contribution in [0, 0.1) is 0 Å². The summed E-state index contributed by atoms with van der Waals surface area (Å²) in [6.45, 7) is 5.09. The molecule has 0 saturated heterocycles. The molecule has 0 saturated carbocycles. The van der Waals surface area contributed by atoms with Crippen LogP contribution in [-0.2, 0) is 19.1 Å². The average molecular weight is 305 g/mol. The van der Waals surface area contributed by atoms with Gasteiger partial charge in [0.05, 0.1) is 19.3 Å². The second-order valence-corrected chi connectivity index (χ2v) is 4.26. The predicted octanol–water partition coefficient (Wildman–Crippen LogP) is 2.31. The number of carbonyl (C=O) groups excluding carboxylic acids is 3. The minimum Gasteiger partial charge on any atom is -0.463 e. The highest BCUT2D eigenvalue weighted by Crippen LogP contribution is 2.18. The molecule has 0 heterocycles. The maximum absolute atomic E-state index is 11.9. The highest BCUT2D eigenvalue weighted by Gasteiger charge is 2.16. The van der Waals surface area contributed by atoms with Gasteiger partial charge in [0.2, 0.25) is 0 Å². The number of hydrogen-bond donors (Lipinski definition) is 1. The van der Waals surface area contributed by atoms with Crippen LogP contribution in [0.5, 0.6) is 0 Å². The van der Waals surface area contributed by atoms with Gasteiger partial charge in [0, 0.05) is 11.3 Å². The van der Waals surface area contributed by atoms with Gasteiger partial charge in [-0.3, -0.25) is 4.79 Å². The van der Waals surface area contributed by atoms with Crippen LogP contribution < -0.4 is 5.32 Å². The van der Waals surface area contributed by atoms with Crippen molar-refractivity contribution in [1.82, 2.24) is 0 Å². The zero-order valence-electron chi connectivity index (χ0n) is 12.8. The normalized spacial score (nSPS) is 10.8. The molecule has 0 aliphatic carbocycles. The smallest absolute Gasteiger partial charge is 0.355 e. The fourth-order valence-electron chi connectivity index (χ4n) is 1.70. The Morgan fingerprint density at radius 2 is 1.73 bits per heavy atom. The molecule has 1 N–H and O–H groups in total. The second-order valence-electron chi connectivity index (χ2n) is 4.26. The summed E-state index contributed by atoms with van der Waals surface area (Å²) in [5.74, 6) is -1.53. The average Bonchev–Trinajstić information content (AvgIpc) is 2.47. The summed E-state index contributed by atoms with van der Waals surface area (Å²) in [7, 11) is 0. The number of carbonyl (C=O) groups is 3. The fraction of sp³-hybridized carbons (Fsp3) is 0.312. The van der Waals surface area contributed by atoms with E-state index in [0.717, 1.165) is 6.08 Å². The Kier molecular flexibility index (Phi) is 6.82. The number of Topliss-reactive ketones (excluding diaryl/α,β-unsaturated/α-hetero) is 1. The number of anilines is 1. The minimum absolute atomic E-state index is 0.0889. The largest absolute Gasteiger partial charge is 0.463 e. The molecule has 0 atom stereocenters. The van der Waals surface area contributed by atoms with E-state index in [0.29, 0.717) is 11.3 Å². The van der Waals surface area contributed by atoms with E-state index < -0.39 is 11.9 Å². The van der Waals surface area contributed by atoms with Crippen LogP contribution >= 0.6 is 0 Å². The molecule has 0 spiro atoms. The van der Waals surface area contributed by atoms with Gasteiger partial charge in [-0.15, -0.1) is 0 Å². The van der Waals surface area contributed by atoms with E-state index in [9.17, 15) is 14.4 Å². The zero-order chi connectivity index (χ0) is 16.5. The van der Waals surface area contributed by atoms with Gasteiger partial charge in [-0.2, -0.15) is 0 Å². The maximum atomic E-state index is 11.9. The number of hydrogen-bond acceptors (Lipinski definition) is 6. The molecule has 118 valence electrons. The van der Waals surface area contributed by atoms with Crippen LogP contribution in [0.4, 0.5) is 5.69 Å². The van der Waals surface area contributed by atoms with E-state index >= 15 is 0 Å². The van der Waals surface area contributed by atoms with Crippen LogP contribution in [0.1, 0.15) is 31.1 Å². The van der Waals surface area contributed by atoms with E-state index in [1.807, 2.05) is 0 Å². The summed E-state index contributed by atoms with van der Waals surface area (Å²) in [6.07, 6.45) is 1.01. The third kappa shape index (κ3) is 5.05. The third-order valence-corrected chi connectivity index (χ3v) is 2.62. The molecule has 6 heteroatoms. The van der Waals surface area contributed by atoms with Crippen molar-refractivity contribution in [3.05, 3.63) is 41.6 Å². The molecular formula is C16H19NO5. The van der Waals surface area contributed by atoms with Crippen molar-refractivity contribution >= 4 is 23.4 Å². The Labute approximate surface area is 129 Å². The Morgan fingerprint density at radius 3 is 2.32 bits per heavy atom. The monoisotopic (exact) mass is 305 g/mol. The van der Waals surface area contributed by atoms with Gasteiger partial charge < -0.3 is 14.8 Å². The van der Waals surface area contributed by atoms with Crippen molar-refractivity contribution in [3.63, 3.8) is 0 Å². The highest BCUT2D eigenvalue weighted by molar-refractivity contribution is 6.03. The summed E-state index contributed by atoms with van der Waals surface area (Å²) >= 11 is 0. The summed E-state index contributed by atoms with van der Waals surface area (Å²) in [4.78, 5) is 35.1. The zero-order valence-corrected chi connectivity index (χ0v) is 12.8. The molecule has 0 amide bonds. The summed E-state index contributed by atoms with van der Waals surface area (Å²) < 4.78 is 9.68. The molecule has 1 aromatic rings. The number of rotatable bonds is 7. The van der Waals surface area contributed by atoms with Gasteiger partial charge in [0.25, 0.3) is 0 Å². The summed E-state index contributed by atoms with van der Waals surface area (Å²) in [6, 6.07) is 6.68. The molecule has 22 heavy (non-hydrogen) atoms. The van der Waals surface area contributed by atoms with Crippen molar-refractivity contribution in [2.45, 2.75) is 20.8 Å². The molecular weight excluding hydrogens is 286 g/mol. The minimum atomic E-state index is -0.700.